The van der Waals surface area contributed by atoms with Gasteiger partial charge in [-0.3, -0.25) is 0 Å². The molecule has 10 rings (SSSR count). The normalized spacial score (nSPS) is 14.1. The average molecular weight is 589 g/mol. The van der Waals surface area contributed by atoms with Gasteiger partial charge in [0.25, 0.3) is 0 Å². The van der Waals surface area contributed by atoms with E-state index in [0.29, 0.717) is 0 Å². The van der Waals surface area contributed by atoms with Crippen molar-refractivity contribution in [3.63, 3.8) is 0 Å². The monoisotopic (exact) mass is 588 g/mol. The van der Waals surface area contributed by atoms with Crippen molar-refractivity contribution in [1.82, 2.24) is 0 Å². The van der Waals surface area contributed by atoms with Gasteiger partial charge < -0.3 is 9.80 Å². The van der Waals surface area contributed by atoms with E-state index in [-0.39, 0.29) is 0 Å². The molecule has 0 aliphatic carbocycles. The minimum atomic E-state index is 0.989. The lowest BCUT2D eigenvalue weighted by molar-refractivity contribution is 1.00. The Kier molecular flexibility index (Phi) is 5.56. The van der Waals surface area contributed by atoms with E-state index >= 15 is 0 Å². The van der Waals surface area contributed by atoms with Crippen LogP contribution >= 0.6 is 0 Å². The fraction of sp³-hybridized carbons (Fsp3) is 0.0909. The molecule has 0 unspecified atom stereocenters. The highest BCUT2D eigenvalue weighted by atomic mass is 15.2. The van der Waals surface area contributed by atoms with Crippen LogP contribution in [-0.4, -0.2) is 13.1 Å². The molecule has 0 radical (unpaired) electrons. The summed E-state index contributed by atoms with van der Waals surface area (Å²) < 4.78 is 0. The summed E-state index contributed by atoms with van der Waals surface area (Å²) in [5.74, 6) is 0. The van der Waals surface area contributed by atoms with E-state index < -0.39 is 0 Å². The Morgan fingerprint density at radius 1 is 0.348 bits per heavy atom. The first-order valence-electron chi connectivity index (χ1n) is 16.4. The molecule has 2 heterocycles. The summed E-state index contributed by atoms with van der Waals surface area (Å²) in [5, 5.41) is 8.00. The standard InChI is InChI=1S/C44H32N2/c1-3-11-29(12-4-1)37-27-41(45-25-23-31-15-7-9-17-39(31)45)35-22-20-34-38(30-13-5-2-6-14-30)28-42(36-21-19-33(37)43(35)44(34)36)46-26-24-32-16-8-10-18-40(32)46/h1-22,27-28H,23-26H2. The second-order valence-electron chi connectivity index (χ2n) is 12.8. The highest BCUT2D eigenvalue weighted by molar-refractivity contribution is 6.32. The Morgan fingerprint density at radius 2 is 0.739 bits per heavy atom. The van der Waals surface area contributed by atoms with Gasteiger partial charge in [0.05, 0.1) is 0 Å². The molecule has 8 aromatic rings. The van der Waals surface area contributed by atoms with Gasteiger partial charge in [0.2, 0.25) is 0 Å². The lowest BCUT2D eigenvalue weighted by atomic mass is 9.85. The predicted octanol–water partition coefficient (Wildman–Crippen LogP) is 11.3. The highest BCUT2D eigenvalue weighted by Gasteiger charge is 2.28. The van der Waals surface area contributed by atoms with E-state index in [0.717, 1.165) is 25.9 Å². The van der Waals surface area contributed by atoms with Gasteiger partial charge in [0.15, 0.2) is 0 Å². The molecule has 46 heavy (non-hydrogen) atoms. The zero-order valence-corrected chi connectivity index (χ0v) is 25.6. The average Bonchev–Trinajstić information content (AvgIpc) is 3.76. The second-order valence-corrected chi connectivity index (χ2v) is 12.8. The van der Waals surface area contributed by atoms with Crippen molar-refractivity contribution in [3.8, 4) is 22.3 Å². The quantitative estimate of drug-likeness (QED) is 0.189. The van der Waals surface area contributed by atoms with Gasteiger partial charge >= 0.3 is 0 Å². The Morgan fingerprint density at radius 3 is 1.20 bits per heavy atom. The van der Waals surface area contributed by atoms with Crippen molar-refractivity contribution < 1.29 is 0 Å². The van der Waals surface area contributed by atoms with Crippen LogP contribution in [0.15, 0.2) is 146 Å². The van der Waals surface area contributed by atoms with Crippen LogP contribution in [0.1, 0.15) is 11.1 Å². The molecule has 0 bridgehead atoms. The number of rotatable bonds is 4. The molecule has 0 atom stereocenters. The Balaban J connectivity index is 1.35. The van der Waals surface area contributed by atoms with Crippen LogP contribution in [0.5, 0.6) is 0 Å². The lowest BCUT2D eigenvalue weighted by Crippen LogP contribution is -2.15. The summed E-state index contributed by atoms with van der Waals surface area (Å²) in [6.07, 6.45) is 2.13. The molecule has 0 spiro atoms. The van der Waals surface area contributed by atoms with Crippen molar-refractivity contribution in [1.29, 1.82) is 0 Å². The molecule has 0 aromatic heterocycles. The topological polar surface area (TPSA) is 6.48 Å². The van der Waals surface area contributed by atoms with E-state index in [1.165, 1.54) is 88.4 Å². The molecule has 0 fully saturated rings. The fourth-order valence-corrected chi connectivity index (χ4v) is 8.29. The first-order chi connectivity index (χ1) is 22.8. The summed E-state index contributed by atoms with van der Waals surface area (Å²) in [4.78, 5) is 5.12. The second kappa shape index (κ2) is 9.95. The smallest absolute Gasteiger partial charge is 0.0497 e. The molecule has 2 aliphatic rings. The predicted molar refractivity (Wildman–Crippen MR) is 195 cm³/mol. The molecule has 8 aromatic carbocycles. The van der Waals surface area contributed by atoms with Gasteiger partial charge in [-0.1, -0.05) is 121 Å². The third-order valence-electron chi connectivity index (χ3n) is 10.4. The molecule has 0 amide bonds. The van der Waals surface area contributed by atoms with E-state index in [4.69, 9.17) is 0 Å². The Bertz CT molecular complexity index is 2250. The van der Waals surface area contributed by atoms with E-state index in [1.54, 1.807) is 0 Å². The van der Waals surface area contributed by atoms with Crippen molar-refractivity contribution in [3.05, 3.63) is 157 Å². The lowest BCUT2D eigenvalue weighted by Gasteiger charge is -2.28. The van der Waals surface area contributed by atoms with Gasteiger partial charge in [-0.2, -0.15) is 0 Å². The number of benzene rings is 8. The van der Waals surface area contributed by atoms with Crippen LogP contribution in [0, 0.1) is 0 Å². The summed E-state index contributed by atoms with van der Waals surface area (Å²) in [6, 6.07) is 54.2. The van der Waals surface area contributed by atoms with Crippen LogP contribution in [0.2, 0.25) is 0 Å². The molecule has 0 saturated carbocycles. The fourth-order valence-electron chi connectivity index (χ4n) is 8.29. The molecule has 0 N–H and O–H groups in total. The van der Waals surface area contributed by atoms with Crippen molar-refractivity contribution >= 4 is 55.1 Å². The zero-order chi connectivity index (χ0) is 30.2. The third kappa shape index (κ3) is 3.71. The number of nitrogens with zero attached hydrogens (tertiary/aromatic N) is 2. The Labute approximate surface area is 269 Å². The van der Waals surface area contributed by atoms with Crippen molar-refractivity contribution in [2.24, 2.45) is 0 Å². The van der Waals surface area contributed by atoms with Gasteiger partial charge in [-0.15, -0.1) is 0 Å². The minimum absolute atomic E-state index is 0.989. The van der Waals surface area contributed by atoms with Crippen LogP contribution < -0.4 is 9.80 Å². The van der Waals surface area contributed by atoms with Crippen LogP contribution in [0.3, 0.4) is 0 Å². The maximum absolute atomic E-state index is 2.56. The summed E-state index contributed by atoms with van der Waals surface area (Å²) in [6.45, 7) is 1.98. The number of hydrogen-bond donors (Lipinski definition) is 0. The number of para-hydroxylation sites is 2. The minimum Gasteiger partial charge on any atom is -0.340 e. The summed E-state index contributed by atoms with van der Waals surface area (Å²) in [5.41, 5.74) is 13.2. The Hall–Kier alpha value is -5.60. The molecule has 0 saturated heterocycles. The van der Waals surface area contributed by atoms with Crippen molar-refractivity contribution in [2.75, 3.05) is 22.9 Å². The number of fused-ring (bicyclic) bond motifs is 2. The zero-order valence-electron chi connectivity index (χ0n) is 25.6. The van der Waals surface area contributed by atoms with E-state index in [9.17, 15) is 0 Å². The largest absolute Gasteiger partial charge is 0.340 e. The molecule has 218 valence electrons. The number of anilines is 4. The molecule has 2 aliphatic heterocycles. The third-order valence-corrected chi connectivity index (χ3v) is 10.4. The first kappa shape index (κ1) is 25.7. The maximum atomic E-state index is 2.56. The molecule has 2 heteroatoms. The summed E-state index contributed by atoms with van der Waals surface area (Å²) >= 11 is 0. The van der Waals surface area contributed by atoms with Crippen LogP contribution in [0.25, 0.3) is 54.6 Å². The maximum Gasteiger partial charge on any atom is 0.0497 e. The van der Waals surface area contributed by atoms with Crippen LogP contribution in [-0.2, 0) is 12.8 Å². The van der Waals surface area contributed by atoms with Gasteiger partial charge in [0, 0.05) is 57.4 Å². The highest BCUT2D eigenvalue weighted by Crippen LogP contribution is 2.51. The van der Waals surface area contributed by atoms with E-state index in [1.807, 2.05) is 0 Å². The molecule has 2 nitrogen and oxygen atoms in total. The van der Waals surface area contributed by atoms with Gasteiger partial charge in [0.1, 0.15) is 0 Å². The molecular weight excluding hydrogens is 556 g/mol. The van der Waals surface area contributed by atoms with Crippen molar-refractivity contribution in [2.45, 2.75) is 12.8 Å². The summed E-state index contributed by atoms with van der Waals surface area (Å²) in [7, 11) is 0. The SMILES string of the molecule is c1ccc(-c2cc(N3CCc4ccccc43)c3ccc4c(-c5ccccc5)cc(N5CCc6ccccc65)c5ccc2c3c45)cc1. The first-order valence-corrected chi connectivity index (χ1v) is 16.4. The van der Waals surface area contributed by atoms with E-state index in [2.05, 4.69) is 155 Å². The van der Waals surface area contributed by atoms with Gasteiger partial charge in [-0.05, 0) is 81.3 Å². The van der Waals surface area contributed by atoms with Gasteiger partial charge in [-0.25, -0.2) is 0 Å². The number of hydrogen-bond acceptors (Lipinski definition) is 2. The molecular formula is C44H32N2. The van der Waals surface area contributed by atoms with Crippen LogP contribution in [0.4, 0.5) is 22.7 Å².